The quantitative estimate of drug-likeness (QED) is 0.756. The lowest BCUT2D eigenvalue weighted by atomic mass is 10.2. The summed E-state index contributed by atoms with van der Waals surface area (Å²) in [6.45, 7) is 2.95. The average molecular weight is 285 g/mol. The minimum absolute atomic E-state index is 0.729. The molecule has 2 heterocycles. The molecule has 102 valence electrons. The zero-order valence-corrected chi connectivity index (χ0v) is 11.9. The van der Waals surface area contributed by atoms with E-state index >= 15 is 0 Å². The molecule has 5 nitrogen and oxygen atoms in total. The Morgan fingerprint density at radius 2 is 2.10 bits per heavy atom. The molecule has 0 aliphatic rings. The Bertz CT molecular complexity index is 657. The smallest absolute Gasteiger partial charge is 0.184 e. The molecule has 6 heteroatoms. The Morgan fingerprint density at radius 3 is 2.85 bits per heavy atom. The van der Waals surface area contributed by atoms with Crippen LogP contribution in [0.2, 0.25) is 0 Å². The molecule has 0 unspecified atom stereocenters. The van der Waals surface area contributed by atoms with Crippen LogP contribution in [0, 0.1) is 6.92 Å². The molecule has 1 aromatic carbocycles. The van der Waals surface area contributed by atoms with Crippen molar-refractivity contribution in [1.29, 1.82) is 0 Å². The molecule has 0 aliphatic heterocycles. The first kappa shape index (κ1) is 12.8. The van der Waals surface area contributed by atoms with Crippen LogP contribution < -0.4 is 5.32 Å². The van der Waals surface area contributed by atoms with E-state index in [2.05, 4.69) is 62.1 Å². The van der Waals surface area contributed by atoms with Crippen LogP contribution in [0.1, 0.15) is 11.3 Å². The highest BCUT2D eigenvalue weighted by atomic mass is 32.1. The van der Waals surface area contributed by atoms with Gasteiger partial charge in [0, 0.05) is 24.0 Å². The van der Waals surface area contributed by atoms with Gasteiger partial charge < -0.3 is 5.32 Å². The van der Waals surface area contributed by atoms with E-state index in [0.717, 1.165) is 35.2 Å². The van der Waals surface area contributed by atoms with Crippen molar-refractivity contribution in [3.05, 3.63) is 47.2 Å². The van der Waals surface area contributed by atoms with E-state index in [1.165, 1.54) is 11.9 Å². The van der Waals surface area contributed by atoms with Crippen molar-refractivity contribution < 1.29 is 0 Å². The van der Waals surface area contributed by atoms with Crippen LogP contribution in [-0.2, 0) is 6.42 Å². The topological polar surface area (TPSA) is 66.5 Å². The SMILES string of the molecule is Cc1ccc(NCCc2csc(-c3ncn[nH]3)n2)cc1. The van der Waals surface area contributed by atoms with Gasteiger partial charge in [-0.15, -0.1) is 11.3 Å². The van der Waals surface area contributed by atoms with Crippen LogP contribution in [0.25, 0.3) is 10.8 Å². The molecule has 3 rings (SSSR count). The largest absolute Gasteiger partial charge is 0.385 e. The number of hydrogen-bond acceptors (Lipinski definition) is 5. The Balaban J connectivity index is 1.55. The molecule has 0 radical (unpaired) electrons. The highest BCUT2D eigenvalue weighted by Gasteiger charge is 2.06. The third kappa shape index (κ3) is 3.03. The van der Waals surface area contributed by atoms with Gasteiger partial charge in [-0.2, -0.15) is 5.10 Å². The van der Waals surface area contributed by atoms with Crippen LogP contribution in [0.5, 0.6) is 0 Å². The first-order valence-electron chi connectivity index (χ1n) is 6.42. The van der Waals surface area contributed by atoms with Gasteiger partial charge in [-0.3, -0.25) is 5.10 Å². The number of benzene rings is 1. The number of hydrogen-bond donors (Lipinski definition) is 2. The van der Waals surface area contributed by atoms with Crippen molar-refractivity contribution in [3.8, 4) is 10.8 Å². The molecule has 0 saturated carbocycles. The Labute approximate surface area is 121 Å². The van der Waals surface area contributed by atoms with E-state index in [1.807, 2.05) is 0 Å². The fraction of sp³-hybridized carbons (Fsp3) is 0.214. The van der Waals surface area contributed by atoms with E-state index in [9.17, 15) is 0 Å². The maximum atomic E-state index is 4.54. The van der Waals surface area contributed by atoms with Crippen LogP contribution in [-0.4, -0.2) is 26.7 Å². The average Bonchev–Trinajstić information content (AvgIpc) is 3.11. The van der Waals surface area contributed by atoms with Crippen molar-refractivity contribution in [2.24, 2.45) is 0 Å². The standard InChI is InChI=1S/C14H15N5S/c1-10-2-4-11(5-3-10)15-7-6-12-8-20-14(18-12)13-16-9-17-19-13/h2-5,8-9,15H,6-7H2,1H3,(H,16,17,19). The van der Waals surface area contributed by atoms with Crippen LogP contribution in [0.4, 0.5) is 5.69 Å². The number of thiazole rings is 1. The predicted molar refractivity (Wildman–Crippen MR) is 80.9 cm³/mol. The second-order valence-corrected chi connectivity index (χ2v) is 5.38. The number of H-pyrrole nitrogens is 1. The number of anilines is 1. The number of aryl methyl sites for hydroxylation is 1. The molecule has 0 aliphatic carbocycles. The normalized spacial score (nSPS) is 10.7. The molecule has 2 aromatic heterocycles. The Kier molecular flexibility index (Phi) is 3.73. The van der Waals surface area contributed by atoms with Gasteiger partial charge in [0.15, 0.2) is 10.8 Å². The lowest BCUT2D eigenvalue weighted by molar-refractivity contribution is 0.975. The van der Waals surface area contributed by atoms with Gasteiger partial charge in [-0.25, -0.2) is 9.97 Å². The van der Waals surface area contributed by atoms with Crippen LogP contribution in [0.15, 0.2) is 36.0 Å². The summed E-state index contributed by atoms with van der Waals surface area (Å²) in [6, 6.07) is 8.40. The monoisotopic (exact) mass is 285 g/mol. The minimum Gasteiger partial charge on any atom is -0.385 e. The predicted octanol–water partition coefficient (Wildman–Crippen LogP) is 2.89. The molecule has 20 heavy (non-hydrogen) atoms. The van der Waals surface area contributed by atoms with Gasteiger partial charge in [0.2, 0.25) is 0 Å². The number of aromatic nitrogens is 4. The van der Waals surface area contributed by atoms with Gasteiger partial charge in [0.25, 0.3) is 0 Å². The fourth-order valence-corrected chi connectivity index (χ4v) is 2.64. The van der Waals surface area contributed by atoms with Crippen molar-refractivity contribution in [1.82, 2.24) is 20.2 Å². The van der Waals surface area contributed by atoms with E-state index in [0.29, 0.717) is 0 Å². The highest BCUT2D eigenvalue weighted by Crippen LogP contribution is 2.19. The second-order valence-electron chi connectivity index (χ2n) is 4.52. The first-order valence-corrected chi connectivity index (χ1v) is 7.30. The molecule has 2 N–H and O–H groups in total. The van der Waals surface area contributed by atoms with Crippen molar-refractivity contribution in [2.45, 2.75) is 13.3 Å². The van der Waals surface area contributed by atoms with Gasteiger partial charge in [0.05, 0.1) is 5.69 Å². The number of nitrogens with zero attached hydrogens (tertiary/aromatic N) is 3. The first-order chi connectivity index (χ1) is 9.81. The molecule has 0 atom stereocenters. The zero-order chi connectivity index (χ0) is 13.8. The van der Waals surface area contributed by atoms with Gasteiger partial charge in [0.1, 0.15) is 6.33 Å². The lowest BCUT2D eigenvalue weighted by Crippen LogP contribution is -2.04. The number of aromatic amines is 1. The van der Waals surface area contributed by atoms with E-state index < -0.39 is 0 Å². The molecule has 0 spiro atoms. The maximum absolute atomic E-state index is 4.54. The van der Waals surface area contributed by atoms with E-state index in [4.69, 9.17) is 0 Å². The Hall–Kier alpha value is -2.21. The minimum atomic E-state index is 0.729. The number of nitrogens with one attached hydrogen (secondary N) is 2. The summed E-state index contributed by atoms with van der Waals surface area (Å²) in [6.07, 6.45) is 2.38. The number of rotatable bonds is 5. The third-order valence-electron chi connectivity index (χ3n) is 2.93. The second kappa shape index (κ2) is 5.83. The van der Waals surface area contributed by atoms with Crippen molar-refractivity contribution in [2.75, 3.05) is 11.9 Å². The lowest BCUT2D eigenvalue weighted by Gasteiger charge is -2.05. The van der Waals surface area contributed by atoms with Gasteiger partial charge >= 0.3 is 0 Å². The van der Waals surface area contributed by atoms with Crippen molar-refractivity contribution in [3.63, 3.8) is 0 Å². The van der Waals surface area contributed by atoms with E-state index in [-0.39, 0.29) is 0 Å². The third-order valence-corrected chi connectivity index (χ3v) is 3.83. The summed E-state index contributed by atoms with van der Waals surface area (Å²) < 4.78 is 0. The molecular formula is C14H15N5S. The maximum Gasteiger partial charge on any atom is 0.184 e. The summed E-state index contributed by atoms with van der Waals surface area (Å²) in [7, 11) is 0. The molecule has 0 fully saturated rings. The summed E-state index contributed by atoms with van der Waals surface area (Å²) >= 11 is 1.58. The molecular weight excluding hydrogens is 270 g/mol. The fourth-order valence-electron chi connectivity index (χ4n) is 1.85. The zero-order valence-electron chi connectivity index (χ0n) is 11.1. The summed E-state index contributed by atoms with van der Waals surface area (Å²) in [4.78, 5) is 8.64. The summed E-state index contributed by atoms with van der Waals surface area (Å²) in [5.74, 6) is 0.729. The van der Waals surface area contributed by atoms with Crippen molar-refractivity contribution >= 4 is 17.0 Å². The van der Waals surface area contributed by atoms with Crippen LogP contribution >= 0.6 is 11.3 Å². The highest BCUT2D eigenvalue weighted by molar-refractivity contribution is 7.13. The van der Waals surface area contributed by atoms with Crippen LogP contribution in [0.3, 0.4) is 0 Å². The molecule has 0 bridgehead atoms. The Morgan fingerprint density at radius 1 is 1.25 bits per heavy atom. The van der Waals surface area contributed by atoms with Gasteiger partial charge in [-0.05, 0) is 19.1 Å². The van der Waals surface area contributed by atoms with Gasteiger partial charge in [-0.1, -0.05) is 17.7 Å². The molecule has 3 aromatic rings. The molecule has 0 saturated heterocycles. The summed E-state index contributed by atoms with van der Waals surface area (Å²) in [5, 5.41) is 13.0. The van der Waals surface area contributed by atoms with E-state index in [1.54, 1.807) is 11.3 Å². The summed E-state index contributed by atoms with van der Waals surface area (Å²) in [5.41, 5.74) is 3.48. The molecule has 0 amide bonds.